The van der Waals surface area contributed by atoms with Crippen molar-refractivity contribution in [3.63, 3.8) is 0 Å². The molecule has 3 aromatic heterocycles. The highest BCUT2D eigenvalue weighted by molar-refractivity contribution is 5.85. The summed E-state index contributed by atoms with van der Waals surface area (Å²) in [5.41, 5.74) is 4.03. The van der Waals surface area contributed by atoms with E-state index >= 15 is 0 Å². The standard InChI is InChI=1S/C21H19FN6.FH/c1-13-8-18-14(12-26-28-18)9-16(13)15-10-24-20(25-11-15)27-21(5-3-6-21)19-17(22)4-2-7-23-19;/h2,4,7-12H,3,5-6H2,1H3,(H,26,28)(H,24,25,27);1H. The Morgan fingerprint density at radius 2 is 1.90 bits per heavy atom. The fraction of sp³-hybridized carbons (Fsp3) is 0.238. The van der Waals surface area contributed by atoms with E-state index in [1.54, 1.807) is 30.9 Å². The number of nitrogens with one attached hydrogen (secondary N) is 2. The first-order chi connectivity index (χ1) is 13.6. The Balaban J connectivity index is 0.00000205. The Morgan fingerprint density at radius 1 is 1.10 bits per heavy atom. The van der Waals surface area contributed by atoms with Crippen molar-refractivity contribution in [3.05, 3.63) is 66.1 Å². The van der Waals surface area contributed by atoms with E-state index in [9.17, 15) is 4.39 Å². The third-order valence-electron chi connectivity index (χ3n) is 5.52. The number of H-pyrrole nitrogens is 1. The minimum atomic E-state index is -0.529. The molecule has 0 amide bonds. The molecule has 1 aromatic carbocycles. The zero-order valence-electron chi connectivity index (χ0n) is 15.8. The van der Waals surface area contributed by atoms with Gasteiger partial charge in [-0.05, 0) is 61.6 Å². The number of rotatable bonds is 4. The number of aryl methyl sites for hydroxylation is 1. The van der Waals surface area contributed by atoms with Crippen LogP contribution in [0.25, 0.3) is 22.0 Å². The highest BCUT2D eigenvalue weighted by atomic mass is 19.1. The van der Waals surface area contributed by atoms with E-state index in [1.807, 2.05) is 0 Å². The van der Waals surface area contributed by atoms with Gasteiger partial charge in [-0.15, -0.1) is 0 Å². The number of hydrogen-bond acceptors (Lipinski definition) is 5. The van der Waals surface area contributed by atoms with Crippen molar-refractivity contribution in [2.24, 2.45) is 0 Å². The van der Waals surface area contributed by atoms with Gasteiger partial charge in [0.2, 0.25) is 5.95 Å². The van der Waals surface area contributed by atoms with E-state index < -0.39 is 5.54 Å². The van der Waals surface area contributed by atoms with E-state index in [-0.39, 0.29) is 10.5 Å². The molecule has 3 heterocycles. The number of aromatic nitrogens is 5. The van der Waals surface area contributed by atoms with Crippen LogP contribution in [-0.4, -0.2) is 25.1 Å². The molecule has 0 spiro atoms. The quantitative estimate of drug-likeness (QED) is 0.533. The monoisotopic (exact) mass is 394 g/mol. The zero-order chi connectivity index (χ0) is 19.1. The fourth-order valence-corrected chi connectivity index (χ4v) is 3.85. The lowest BCUT2D eigenvalue weighted by atomic mass is 9.74. The molecule has 1 aliphatic rings. The maximum Gasteiger partial charge on any atom is 0.223 e. The van der Waals surface area contributed by atoms with Gasteiger partial charge in [-0.2, -0.15) is 5.10 Å². The summed E-state index contributed by atoms with van der Waals surface area (Å²) in [6.07, 6.45) is 9.65. The molecule has 0 unspecified atom stereocenters. The Hall–Kier alpha value is -3.42. The molecule has 1 saturated carbocycles. The highest BCUT2D eigenvalue weighted by Gasteiger charge is 2.42. The molecule has 0 radical (unpaired) electrons. The average Bonchev–Trinajstić information content (AvgIpc) is 3.12. The molecule has 6 nitrogen and oxygen atoms in total. The molecule has 8 heteroatoms. The zero-order valence-corrected chi connectivity index (χ0v) is 15.8. The van der Waals surface area contributed by atoms with Crippen molar-refractivity contribution < 1.29 is 9.09 Å². The molecule has 0 aliphatic heterocycles. The van der Waals surface area contributed by atoms with E-state index in [1.165, 1.54) is 6.07 Å². The molecule has 0 bridgehead atoms. The van der Waals surface area contributed by atoms with Gasteiger partial charge < -0.3 is 5.32 Å². The first-order valence-corrected chi connectivity index (χ1v) is 9.30. The first kappa shape index (κ1) is 18.9. The van der Waals surface area contributed by atoms with Crippen LogP contribution in [0.3, 0.4) is 0 Å². The van der Waals surface area contributed by atoms with Crippen molar-refractivity contribution in [3.8, 4) is 11.1 Å². The lowest BCUT2D eigenvalue weighted by Gasteiger charge is -2.42. The number of halogens is 2. The van der Waals surface area contributed by atoms with Crippen LogP contribution < -0.4 is 5.32 Å². The van der Waals surface area contributed by atoms with Crippen LogP contribution in [-0.2, 0) is 5.54 Å². The fourth-order valence-electron chi connectivity index (χ4n) is 3.85. The topological polar surface area (TPSA) is 79.4 Å². The molecule has 4 aromatic rings. The van der Waals surface area contributed by atoms with Crippen molar-refractivity contribution in [2.45, 2.75) is 31.7 Å². The lowest BCUT2D eigenvalue weighted by Crippen LogP contribution is -2.44. The maximum absolute atomic E-state index is 14.3. The molecule has 29 heavy (non-hydrogen) atoms. The van der Waals surface area contributed by atoms with E-state index in [4.69, 9.17) is 0 Å². The van der Waals surface area contributed by atoms with Crippen LogP contribution in [0.5, 0.6) is 0 Å². The van der Waals surface area contributed by atoms with Gasteiger partial charge in [-0.3, -0.25) is 14.8 Å². The Morgan fingerprint density at radius 3 is 2.59 bits per heavy atom. The smallest absolute Gasteiger partial charge is 0.223 e. The average molecular weight is 394 g/mol. The third kappa shape index (κ3) is 3.20. The number of fused-ring (bicyclic) bond motifs is 1. The van der Waals surface area contributed by atoms with Gasteiger partial charge in [0.25, 0.3) is 0 Å². The third-order valence-corrected chi connectivity index (χ3v) is 5.52. The summed E-state index contributed by atoms with van der Waals surface area (Å²) in [5, 5.41) is 11.4. The molecular formula is C21H20F2N6. The summed E-state index contributed by atoms with van der Waals surface area (Å²) in [4.78, 5) is 13.2. The van der Waals surface area contributed by atoms with Crippen LogP contribution in [0.2, 0.25) is 0 Å². The van der Waals surface area contributed by atoms with Gasteiger partial charge in [-0.1, -0.05) is 0 Å². The molecule has 5 rings (SSSR count). The Bertz CT molecular complexity index is 1150. The molecule has 1 fully saturated rings. The predicted molar refractivity (Wildman–Crippen MR) is 108 cm³/mol. The van der Waals surface area contributed by atoms with Crippen molar-refractivity contribution in [1.29, 1.82) is 0 Å². The predicted octanol–water partition coefficient (Wildman–Crippen LogP) is 4.51. The second kappa shape index (κ2) is 7.20. The van der Waals surface area contributed by atoms with E-state index in [0.29, 0.717) is 11.6 Å². The van der Waals surface area contributed by atoms with Gasteiger partial charge in [0.05, 0.1) is 17.3 Å². The van der Waals surface area contributed by atoms with Gasteiger partial charge >= 0.3 is 0 Å². The Kier molecular flexibility index (Phi) is 4.70. The molecule has 1 aliphatic carbocycles. The second-order valence-electron chi connectivity index (χ2n) is 7.31. The maximum atomic E-state index is 14.3. The van der Waals surface area contributed by atoms with Crippen LogP contribution in [0.1, 0.15) is 30.5 Å². The number of nitrogens with zero attached hydrogens (tertiary/aromatic N) is 4. The lowest BCUT2D eigenvalue weighted by molar-refractivity contribution is 0.264. The molecule has 0 saturated heterocycles. The minimum Gasteiger partial charge on any atom is -0.343 e. The van der Waals surface area contributed by atoms with Crippen molar-refractivity contribution >= 4 is 16.9 Å². The molecule has 2 N–H and O–H groups in total. The van der Waals surface area contributed by atoms with Crippen molar-refractivity contribution in [1.82, 2.24) is 25.1 Å². The summed E-state index contributed by atoms with van der Waals surface area (Å²) >= 11 is 0. The molecule has 0 atom stereocenters. The number of anilines is 1. The van der Waals surface area contributed by atoms with Crippen molar-refractivity contribution in [2.75, 3.05) is 5.32 Å². The summed E-state index contributed by atoms with van der Waals surface area (Å²) in [6.45, 7) is 2.05. The number of aromatic amines is 1. The van der Waals surface area contributed by atoms with Crippen LogP contribution >= 0.6 is 0 Å². The summed E-state index contributed by atoms with van der Waals surface area (Å²) in [7, 11) is 0. The van der Waals surface area contributed by atoms with Gasteiger partial charge in [-0.25, -0.2) is 14.4 Å². The van der Waals surface area contributed by atoms with E-state index in [0.717, 1.165) is 46.9 Å². The summed E-state index contributed by atoms with van der Waals surface area (Å²) in [5.74, 6) is 0.186. The number of hydrogen-bond donors (Lipinski definition) is 2. The van der Waals surface area contributed by atoms with E-state index in [2.05, 4.69) is 49.5 Å². The first-order valence-electron chi connectivity index (χ1n) is 9.30. The Labute approximate surface area is 166 Å². The van der Waals surface area contributed by atoms with Crippen LogP contribution in [0.15, 0.2) is 49.1 Å². The second-order valence-corrected chi connectivity index (χ2v) is 7.31. The molecular weight excluding hydrogens is 374 g/mol. The summed E-state index contributed by atoms with van der Waals surface area (Å²) < 4.78 is 14.3. The number of pyridine rings is 1. The largest absolute Gasteiger partial charge is 0.343 e. The minimum absolute atomic E-state index is 0. The normalized spacial score (nSPS) is 14.8. The van der Waals surface area contributed by atoms with Crippen LogP contribution in [0, 0.1) is 12.7 Å². The molecule has 148 valence electrons. The summed E-state index contributed by atoms with van der Waals surface area (Å²) in [6, 6.07) is 7.20. The van der Waals surface area contributed by atoms with Crippen LogP contribution in [0.4, 0.5) is 15.0 Å². The SMILES string of the molecule is Cc1cc2[nH]ncc2cc1-c1cnc(NC2(c3ncccc3F)CCC2)nc1.F. The van der Waals surface area contributed by atoms with Gasteiger partial charge in [0.1, 0.15) is 11.5 Å². The van der Waals surface area contributed by atoms with Gasteiger partial charge in [0, 0.05) is 29.5 Å². The highest BCUT2D eigenvalue weighted by Crippen LogP contribution is 2.43. The van der Waals surface area contributed by atoms with Gasteiger partial charge in [0.15, 0.2) is 0 Å². The number of benzene rings is 1.